The van der Waals surface area contributed by atoms with Gasteiger partial charge in [-0.3, -0.25) is 0 Å². The lowest BCUT2D eigenvalue weighted by molar-refractivity contribution is -0.00000197. The van der Waals surface area contributed by atoms with E-state index in [9.17, 15) is 0 Å². The van der Waals surface area contributed by atoms with Crippen LogP contribution < -0.4 is 24.0 Å². The smallest absolute Gasteiger partial charge is 0.103 e. The molecule has 62 valence electrons. The van der Waals surface area contributed by atoms with Crippen LogP contribution in [0.1, 0.15) is 12.0 Å². The molecule has 1 aromatic rings. The first-order chi connectivity index (χ1) is 4.93. The summed E-state index contributed by atoms with van der Waals surface area (Å²) in [6, 6.07) is 10.6. The van der Waals surface area contributed by atoms with Gasteiger partial charge in [-0.25, -0.2) is 0 Å². The summed E-state index contributed by atoms with van der Waals surface area (Å²) in [6.45, 7) is 0. The molecule has 0 saturated carbocycles. The van der Waals surface area contributed by atoms with Gasteiger partial charge in [0.15, 0.2) is 0 Å². The lowest BCUT2D eigenvalue weighted by atomic mass is 10.1. The highest BCUT2D eigenvalue weighted by atomic mass is 127. The van der Waals surface area contributed by atoms with Gasteiger partial charge < -0.3 is 24.0 Å². The first-order valence-electron chi connectivity index (χ1n) is 3.62. The van der Waals surface area contributed by atoms with Gasteiger partial charge >= 0.3 is 0 Å². The van der Waals surface area contributed by atoms with Gasteiger partial charge in [-0.05, 0) is 31.0 Å². The summed E-state index contributed by atoms with van der Waals surface area (Å²) in [7, 11) is 0. The lowest BCUT2D eigenvalue weighted by Crippen LogP contribution is -3.00. The Kier molecular flexibility index (Phi) is 7.17. The fraction of sp³-hybridized carbons (Fsp3) is 0.333. The topological polar surface area (TPSA) is 0 Å². The Morgan fingerprint density at radius 1 is 1.09 bits per heavy atom. The standard InChI is InChI=1S/C9H12S.HI/c10-8-4-7-9-5-2-1-3-6-9;/h1-3,5-6,10H,4,7-8H2;1H. The van der Waals surface area contributed by atoms with Crippen molar-refractivity contribution in [2.24, 2.45) is 0 Å². The van der Waals surface area contributed by atoms with Crippen LogP contribution in [0, 0.1) is 0 Å². The molecule has 0 atom stereocenters. The predicted octanol–water partition coefficient (Wildman–Crippen LogP) is -1.37. The van der Waals surface area contributed by atoms with Gasteiger partial charge in [-0.1, -0.05) is 30.3 Å². The van der Waals surface area contributed by atoms with Gasteiger partial charge in [0.05, 0.1) is 0 Å². The minimum atomic E-state index is 0. The quantitative estimate of drug-likeness (QED) is 0.474. The molecule has 1 rings (SSSR count). The molecule has 11 heavy (non-hydrogen) atoms. The maximum absolute atomic E-state index is 3.45. The second kappa shape index (κ2) is 6.98. The Morgan fingerprint density at radius 3 is 2.27 bits per heavy atom. The molecule has 0 aliphatic heterocycles. The minimum absolute atomic E-state index is 0. The summed E-state index contributed by atoms with van der Waals surface area (Å²) in [4.78, 5) is 0. The molecule has 0 nitrogen and oxygen atoms in total. The van der Waals surface area contributed by atoms with Gasteiger partial charge in [0, 0.05) is 0 Å². The van der Waals surface area contributed by atoms with E-state index >= 15 is 0 Å². The molecule has 1 aromatic carbocycles. The second-order valence-electron chi connectivity index (χ2n) is 2.34. The van der Waals surface area contributed by atoms with Gasteiger partial charge in [0.1, 0.15) is 5.75 Å². The third-order valence-corrected chi connectivity index (χ3v) is 1.84. The number of rotatable bonds is 3. The van der Waals surface area contributed by atoms with Crippen LogP contribution in [-0.4, -0.2) is 5.75 Å². The Labute approximate surface area is 90.8 Å². The fourth-order valence-electron chi connectivity index (χ4n) is 0.937. The zero-order chi connectivity index (χ0) is 7.23. The average Bonchev–Trinajstić information content (AvgIpc) is 2.03. The molecule has 0 saturated heterocycles. The summed E-state index contributed by atoms with van der Waals surface area (Å²) >= 11 is 3.45. The highest BCUT2D eigenvalue weighted by Crippen LogP contribution is 2.00. The first kappa shape index (κ1) is 11.3. The van der Waals surface area contributed by atoms with Gasteiger partial charge in [0.25, 0.3) is 0 Å². The number of benzene rings is 1. The molecule has 0 heterocycles. The van der Waals surface area contributed by atoms with Crippen molar-refractivity contribution < 1.29 is 24.0 Å². The first-order valence-corrected chi connectivity index (χ1v) is 4.32. The Bertz CT molecular complexity index is 174. The maximum atomic E-state index is 3.45. The van der Waals surface area contributed by atoms with Crippen LogP contribution in [0.5, 0.6) is 0 Å². The van der Waals surface area contributed by atoms with Crippen LogP contribution in [0.15, 0.2) is 30.3 Å². The van der Waals surface area contributed by atoms with Gasteiger partial charge in [0.2, 0.25) is 0 Å². The lowest BCUT2D eigenvalue weighted by Gasteiger charge is -1.94. The Morgan fingerprint density at radius 2 is 1.73 bits per heavy atom. The van der Waals surface area contributed by atoms with Gasteiger partial charge in [-0.2, -0.15) is 0 Å². The molecule has 0 fully saturated rings. The van der Waals surface area contributed by atoms with Crippen LogP contribution in [0.4, 0.5) is 0 Å². The molecule has 0 radical (unpaired) electrons. The van der Waals surface area contributed by atoms with E-state index in [0.29, 0.717) is 0 Å². The third kappa shape index (κ3) is 4.69. The SMILES string of the molecule is [I-].[SH2+]CCCc1ccccc1. The monoisotopic (exact) mass is 280 g/mol. The zero-order valence-corrected chi connectivity index (χ0v) is 9.54. The van der Waals surface area contributed by atoms with E-state index in [-0.39, 0.29) is 24.0 Å². The molecular weight excluding hydrogens is 267 g/mol. The number of hydrogen-bond donors (Lipinski definition) is 0. The molecule has 0 aliphatic carbocycles. The summed E-state index contributed by atoms with van der Waals surface area (Å²) < 4.78 is 0. The van der Waals surface area contributed by atoms with Crippen LogP contribution >= 0.6 is 0 Å². The van der Waals surface area contributed by atoms with Crippen molar-refractivity contribution in [1.82, 2.24) is 0 Å². The highest BCUT2D eigenvalue weighted by molar-refractivity contribution is 7.58. The second-order valence-corrected chi connectivity index (χ2v) is 2.84. The summed E-state index contributed by atoms with van der Waals surface area (Å²) in [5.41, 5.74) is 1.43. The van der Waals surface area contributed by atoms with E-state index in [2.05, 4.69) is 43.0 Å². The Hall–Kier alpha value is 0.300. The number of aryl methyl sites for hydroxylation is 1. The normalized spacial score (nSPS) is 8.82. The molecule has 0 unspecified atom stereocenters. The largest absolute Gasteiger partial charge is 1.00 e. The van der Waals surface area contributed by atoms with Crippen LogP contribution in [0.25, 0.3) is 0 Å². The fourth-order valence-corrected chi connectivity index (χ4v) is 1.11. The van der Waals surface area contributed by atoms with E-state index in [1.54, 1.807) is 0 Å². The summed E-state index contributed by atoms with van der Waals surface area (Å²) in [5.74, 6) is 1.09. The van der Waals surface area contributed by atoms with Crippen molar-refractivity contribution in [3.63, 3.8) is 0 Å². The van der Waals surface area contributed by atoms with Crippen molar-refractivity contribution in [2.75, 3.05) is 5.75 Å². The van der Waals surface area contributed by atoms with E-state index in [0.717, 1.165) is 5.75 Å². The molecule has 0 spiro atoms. The third-order valence-electron chi connectivity index (χ3n) is 1.49. The average molecular weight is 280 g/mol. The number of halogens is 1. The van der Waals surface area contributed by atoms with Gasteiger partial charge in [-0.15, -0.1) is 0 Å². The summed E-state index contributed by atoms with van der Waals surface area (Å²) in [6.07, 6.45) is 2.41. The van der Waals surface area contributed by atoms with Crippen molar-refractivity contribution in [3.05, 3.63) is 35.9 Å². The molecule has 0 N–H and O–H groups in total. The predicted molar refractivity (Wildman–Crippen MR) is 49.8 cm³/mol. The van der Waals surface area contributed by atoms with Crippen LogP contribution in [0.3, 0.4) is 0 Å². The Balaban J connectivity index is 0.000001000. The van der Waals surface area contributed by atoms with Crippen molar-refractivity contribution in [2.45, 2.75) is 12.8 Å². The summed E-state index contributed by atoms with van der Waals surface area (Å²) in [5, 5.41) is 0. The molecule has 0 aromatic heterocycles. The molecule has 0 aliphatic rings. The van der Waals surface area contributed by atoms with E-state index in [4.69, 9.17) is 0 Å². The van der Waals surface area contributed by atoms with E-state index in [1.807, 2.05) is 0 Å². The number of hydrogen-bond acceptors (Lipinski definition) is 0. The highest BCUT2D eigenvalue weighted by Gasteiger charge is 1.89. The van der Waals surface area contributed by atoms with E-state index in [1.165, 1.54) is 18.4 Å². The van der Waals surface area contributed by atoms with E-state index < -0.39 is 0 Å². The molecule has 0 bridgehead atoms. The minimum Gasteiger partial charge on any atom is -1.00 e. The molecule has 2 heteroatoms. The van der Waals surface area contributed by atoms with Crippen molar-refractivity contribution >= 4 is 12.6 Å². The van der Waals surface area contributed by atoms with Crippen molar-refractivity contribution in [3.8, 4) is 0 Å². The van der Waals surface area contributed by atoms with Crippen LogP contribution in [-0.2, 0) is 19.0 Å². The molecule has 0 amide bonds. The zero-order valence-electron chi connectivity index (χ0n) is 6.39. The van der Waals surface area contributed by atoms with Crippen LogP contribution in [0.2, 0.25) is 0 Å². The van der Waals surface area contributed by atoms with Crippen molar-refractivity contribution in [1.29, 1.82) is 0 Å². The maximum Gasteiger partial charge on any atom is 0.103 e. The molecular formula is C9H13IS.